The molecule has 0 N–H and O–H groups in total. The van der Waals surface area contributed by atoms with Gasteiger partial charge in [-0.15, -0.1) is 22.7 Å². The zero-order chi connectivity index (χ0) is 49.7. The van der Waals surface area contributed by atoms with Gasteiger partial charge < -0.3 is 9.13 Å². The Kier molecular flexibility index (Phi) is 9.20. The van der Waals surface area contributed by atoms with E-state index in [1.54, 1.807) is 0 Å². The van der Waals surface area contributed by atoms with Crippen molar-refractivity contribution in [3.8, 4) is 32.3 Å². The Labute approximate surface area is 456 Å². The largest absolute Gasteiger partial charge is 0.309 e. The summed E-state index contributed by atoms with van der Waals surface area (Å²) >= 11 is 7.82. The van der Waals surface area contributed by atoms with Gasteiger partial charge in [0.25, 0.3) is 0 Å². The van der Waals surface area contributed by atoms with Gasteiger partial charge in [0.05, 0.1) is 32.9 Å². The molecule has 10 aromatic carbocycles. The van der Waals surface area contributed by atoms with Crippen LogP contribution in [0.2, 0.25) is 0 Å². The minimum Gasteiger partial charge on any atom is -0.309 e. The van der Waals surface area contributed by atoms with Gasteiger partial charge in [-0.25, -0.2) is 0 Å². The summed E-state index contributed by atoms with van der Waals surface area (Å²) < 4.78 is 4.91. The zero-order valence-corrected chi connectivity index (χ0v) is 44.0. The second kappa shape index (κ2) is 16.2. The smallest absolute Gasteiger partial charge is 0.0831 e. The third-order valence-corrected chi connectivity index (χ3v) is 21.4. The maximum Gasteiger partial charge on any atom is 0.0831 e. The van der Waals surface area contributed by atoms with E-state index < -0.39 is 10.8 Å². The standard InChI is InChI=1S/C70H42N2S4/c1-9-31-57-47(23-1)48-24-2-10-32-58(48)71(57)45-21-17-19-43(39-45)65-41-55-67(75-65)70(53-29-7-15-37-63(53)74-64-38-16-8-30-54(64)70)56-42-66(76-68(56)69(55)51-27-5-13-35-61(51)73-62-36-14-6-28-52(62)69)44-20-18-22-46(40-44)72-59-33-11-3-25-49(59)50-26-4-12-34-60(50)72/h1-42H. The number of hydrogen-bond acceptors (Lipinski definition) is 4. The van der Waals surface area contributed by atoms with Crippen molar-refractivity contribution in [3.63, 3.8) is 0 Å². The van der Waals surface area contributed by atoms with Crippen LogP contribution < -0.4 is 0 Å². The molecular formula is C70H42N2S4. The Morgan fingerprint density at radius 2 is 0.566 bits per heavy atom. The van der Waals surface area contributed by atoms with Gasteiger partial charge >= 0.3 is 0 Å². The van der Waals surface area contributed by atoms with Gasteiger partial charge in [-0.05, 0) is 129 Å². The van der Waals surface area contributed by atoms with Crippen LogP contribution in [0.15, 0.2) is 274 Å². The molecule has 2 spiro atoms. The molecule has 0 atom stereocenters. The molecule has 6 heteroatoms. The van der Waals surface area contributed by atoms with Gasteiger partial charge in [-0.3, -0.25) is 0 Å². The van der Waals surface area contributed by atoms with Gasteiger partial charge in [0.2, 0.25) is 0 Å². The molecule has 4 aromatic heterocycles. The van der Waals surface area contributed by atoms with Crippen LogP contribution in [-0.4, -0.2) is 9.13 Å². The van der Waals surface area contributed by atoms with E-state index >= 15 is 0 Å². The molecule has 0 unspecified atom stereocenters. The molecule has 14 aromatic rings. The number of rotatable bonds is 4. The summed E-state index contributed by atoms with van der Waals surface area (Å²) in [6.45, 7) is 0. The van der Waals surface area contributed by atoms with Gasteiger partial charge in [0.1, 0.15) is 0 Å². The second-order valence-electron chi connectivity index (χ2n) is 20.2. The predicted molar refractivity (Wildman–Crippen MR) is 320 cm³/mol. The first-order chi connectivity index (χ1) is 37.7. The van der Waals surface area contributed by atoms with Crippen molar-refractivity contribution in [2.75, 3.05) is 0 Å². The van der Waals surface area contributed by atoms with E-state index in [0.29, 0.717) is 0 Å². The number of thiophene rings is 2. The predicted octanol–water partition coefficient (Wildman–Crippen LogP) is 19.3. The van der Waals surface area contributed by atoms with Crippen LogP contribution in [-0.2, 0) is 10.8 Å². The lowest BCUT2D eigenvalue weighted by atomic mass is 9.55. The van der Waals surface area contributed by atoms with Crippen molar-refractivity contribution in [1.29, 1.82) is 0 Å². The van der Waals surface area contributed by atoms with Crippen LogP contribution in [0.4, 0.5) is 0 Å². The van der Waals surface area contributed by atoms with Crippen LogP contribution in [0.25, 0.3) is 75.9 Å². The van der Waals surface area contributed by atoms with Crippen LogP contribution in [0.5, 0.6) is 0 Å². The lowest BCUT2D eigenvalue weighted by molar-refractivity contribution is 0.609. The molecule has 0 saturated heterocycles. The molecule has 6 heterocycles. The highest BCUT2D eigenvalue weighted by Gasteiger charge is 2.60. The normalized spacial score (nSPS) is 14.4. The third-order valence-electron chi connectivity index (χ3n) is 16.5. The topological polar surface area (TPSA) is 9.86 Å². The second-order valence-corrected chi connectivity index (χ2v) is 24.5. The number of nitrogens with zero attached hydrogens (tertiary/aromatic N) is 2. The first kappa shape index (κ1) is 43.2. The minimum atomic E-state index is -0.630. The summed E-state index contributed by atoms with van der Waals surface area (Å²) in [6.07, 6.45) is 0. The molecule has 0 fully saturated rings. The monoisotopic (exact) mass is 1040 g/mol. The summed E-state index contributed by atoms with van der Waals surface area (Å²) in [5.41, 5.74) is 16.5. The van der Waals surface area contributed by atoms with E-state index in [9.17, 15) is 0 Å². The number of aromatic nitrogens is 2. The lowest BCUT2D eigenvalue weighted by Crippen LogP contribution is -2.45. The van der Waals surface area contributed by atoms with Crippen molar-refractivity contribution >= 4 is 89.8 Å². The maximum absolute atomic E-state index is 2.62. The first-order valence-corrected chi connectivity index (χ1v) is 29.2. The van der Waals surface area contributed by atoms with E-state index in [-0.39, 0.29) is 0 Å². The third kappa shape index (κ3) is 5.74. The molecule has 3 aliphatic rings. The fourth-order valence-electron chi connectivity index (χ4n) is 13.5. The molecule has 0 amide bonds. The maximum atomic E-state index is 2.62. The van der Waals surface area contributed by atoms with E-state index in [4.69, 9.17) is 0 Å². The SMILES string of the molecule is c1cc(-c2cc3c(s2)C2(c4ccccc4Sc4ccccc42)c2cc(-c4cccc(-n5c6ccccc6c6ccccc65)c4)sc2C32c3ccccc3Sc3ccccc32)cc(-n2c3ccccc3c3ccccc32)c1. The summed E-state index contributed by atoms with van der Waals surface area (Å²) in [5.74, 6) is 0. The molecule has 1 aliphatic carbocycles. The van der Waals surface area contributed by atoms with E-state index in [0.717, 1.165) is 11.4 Å². The molecule has 2 nitrogen and oxygen atoms in total. The van der Waals surface area contributed by atoms with Crippen molar-refractivity contribution in [3.05, 3.63) is 298 Å². The van der Waals surface area contributed by atoms with Gasteiger partial charge in [0.15, 0.2) is 0 Å². The quantitative estimate of drug-likeness (QED) is 0.174. The van der Waals surface area contributed by atoms with Gasteiger partial charge in [-0.2, -0.15) is 0 Å². The van der Waals surface area contributed by atoms with Crippen molar-refractivity contribution in [2.24, 2.45) is 0 Å². The summed E-state index contributed by atoms with van der Waals surface area (Å²) in [6, 6.07) is 96.4. The van der Waals surface area contributed by atoms with Crippen LogP contribution in [0.1, 0.15) is 43.1 Å². The van der Waals surface area contributed by atoms with Crippen LogP contribution in [0, 0.1) is 0 Å². The molecule has 0 saturated carbocycles. The van der Waals surface area contributed by atoms with E-state index in [2.05, 4.69) is 264 Å². The van der Waals surface area contributed by atoms with E-state index in [1.165, 1.54) is 127 Å². The summed E-state index contributed by atoms with van der Waals surface area (Å²) in [4.78, 5) is 10.5. The van der Waals surface area contributed by atoms with Crippen LogP contribution >= 0.6 is 46.2 Å². The Hall–Kier alpha value is -8.10. The molecule has 356 valence electrons. The summed E-state index contributed by atoms with van der Waals surface area (Å²) in [5, 5.41) is 5.07. The molecule has 0 radical (unpaired) electrons. The number of benzene rings is 10. The molecule has 0 bridgehead atoms. The summed E-state index contributed by atoms with van der Waals surface area (Å²) in [7, 11) is 0. The van der Waals surface area contributed by atoms with Crippen molar-refractivity contribution in [2.45, 2.75) is 30.4 Å². The average molecular weight is 1040 g/mol. The minimum absolute atomic E-state index is 0.630. The zero-order valence-electron chi connectivity index (χ0n) is 40.8. The Morgan fingerprint density at radius 3 is 0.908 bits per heavy atom. The number of fused-ring (bicyclic) bond motifs is 20. The molecule has 17 rings (SSSR count). The highest BCUT2D eigenvalue weighted by atomic mass is 32.2. The van der Waals surface area contributed by atoms with Crippen molar-refractivity contribution in [1.82, 2.24) is 9.13 Å². The van der Waals surface area contributed by atoms with Gasteiger partial charge in [0, 0.05) is 72.0 Å². The highest BCUT2D eigenvalue weighted by molar-refractivity contribution is 7.99. The average Bonchev–Trinajstić information content (AvgIpc) is 4.44. The highest BCUT2D eigenvalue weighted by Crippen LogP contribution is 2.70. The van der Waals surface area contributed by atoms with Crippen LogP contribution in [0.3, 0.4) is 0 Å². The van der Waals surface area contributed by atoms with Gasteiger partial charge in [-0.1, -0.05) is 193 Å². The fourth-order valence-corrected chi connectivity index (χ4v) is 18.8. The number of hydrogen-bond donors (Lipinski definition) is 0. The number of para-hydroxylation sites is 4. The Bertz CT molecular complexity index is 4210. The Morgan fingerprint density at radius 1 is 0.263 bits per heavy atom. The molecule has 2 aliphatic heterocycles. The Balaban J connectivity index is 0.979. The van der Waals surface area contributed by atoms with Crippen molar-refractivity contribution < 1.29 is 0 Å². The fraction of sp³-hybridized carbons (Fsp3) is 0.0286. The van der Waals surface area contributed by atoms with E-state index in [1.807, 2.05) is 46.2 Å². The molecule has 76 heavy (non-hydrogen) atoms. The first-order valence-electron chi connectivity index (χ1n) is 25.9. The molecular weight excluding hydrogens is 997 g/mol. The lowest BCUT2D eigenvalue weighted by Gasteiger charge is -2.51.